The second-order valence-electron chi connectivity index (χ2n) is 5.23. The van der Waals surface area contributed by atoms with Crippen LogP contribution in [0.3, 0.4) is 0 Å². The van der Waals surface area contributed by atoms with Crippen molar-refractivity contribution in [2.24, 2.45) is 5.92 Å². The fourth-order valence-corrected chi connectivity index (χ4v) is 2.03. The average Bonchev–Trinajstić information content (AvgIpc) is 3.26. The fraction of sp³-hybridized carbons (Fsp3) is 0.714. The highest BCUT2D eigenvalue weighted by Crippen LogP contribution is 2.28. The zero-order valence-corrected chi connectivity index (χ0v) is 13.0. The van der Waals surface area contributed by atoms with Gasteiger partial charge in [0.05, 0.1) is 12.8 Å². The molecular formula is C14H23ClN4O. The number of hydrogen-bond acceptors (Lipinski definition) is 5. The molecule has 0 saturated heterocycles. The predicted octanol–water partition coefficient (Wildman–Crippen LogP) is 2.81. The minimum absolute atomic E-state index is 0.566. The number of anilines is 2. The Hall–Kier alpha value is -1.07. The van der Waals surface area contributed by atoms with Crippen LogP contribution >= 0.6 is 11.6 Å². The summed E-state index contributed by atoms with van der Waals surface area (Å²) in [5, 5.41) is 3.73. The second-order valence-corrected chi connectivity index (χ2v) is 5.64. The van der Waals surface area contributed by atoms with Crippen LogP contribution in [0.5, 0.6) is 0 Å². The molecule has 112 valence electrons. The Labute approximate surface area is 125 Å². The fourth-order valence-electron chi connectivity index (χ4n) is 1.79. The van der Waals surface area contributed by atoms with Gasteiger partial charge in [-0.1, -0.05) is 18.5 Å². The lowest BCUT2D eigenvalue weighted by molar-refractivity contribution is 0.131. The van der Waals surface area contributed by atoms with Crippen molar-refractivity contribution in [3.63, 3.8) is 0 Å². The van der Waals surface area contributed by atoms with E-state index in [0.717, 1.165) is 37.9 Å². The molecule has 1 aliphatic carbocycles. The molecule has 1 aromatic heterocycles. The van der Waals surface area contributed by atoms with Crippen LogP contribution in [0.1, 0.15) is 26.2 Å². The van der Waals surface area contributed by atoms with Crippen molar-refractivity contribution >= 4 is 23.4 Å². The van der Waals surface area contributed by atoms with Crippen molar-refractivity contribution in [1.82, 2.24) is 9.97 Å². The van der Waals surface area contributed by atoms with E-state index in [-0.39, 0.29) is 0 Å². The summed E-state index contributed by atoms with van der Waals surface area (Å²) in [4.78, 5) is 10.6. The molecule has 6 heteroatoms. The molecule has 1 fully saturated rings. The summed E-state index contributed by atoms with van der Waals surface area (Å²) in [6.07, 6.45) is 5.32. The molecule has 1 aliphatic rings. The molecule has 5 nitrogen and oxygen atoms in total. The van der Waals surface area contributed by atoms with E-state index in [0.29, 0.717) is 17.6 Å². The monoisotopic (exact) mass is 298 g/mol. The highest BCUT2D eigenvalue weighted by atomic mass is 35.5. The minimum Gasteiger partial charge on any atom is -0.379 e. The molecule has 1 saturated carbocycles. The van der Waals surface area contributed by atoms with Gasteiger partial charge in [-0.25, -0.2) is 4.98 Å². The van der Waals surface area contributed by atoms with Gasteiger partial charge in [0, 0.05) is 26.7 Å². The first-order valence-corrected chi connectivity index (χ1v) is 7.63. The summed E-state index contributed by atoms with van der Waals surface area (Å²) in [5.74, 6) is 2.17. The Morgan fingerprint density at radius 3 is 3.00 bits per heavy atom. The van der Waals surface area contributed by atoms with E-state index in [2.05, 4.69) is 22.2 Å². The van der Waals surface area contributed by atoms with Crippen LogP contribution in [0.25, 0.3) is 0 Å². The third-order valence-electron chi connectivity index (χ3n) is 3.24. The topological polar surface area (TPSA) is 50.3 Å². The first-order valence-electron chi connectivity index (χ1n) is 7.26. The van der Waals surface area contributed by atoms with Crippen molar-refractivity contribution in [2.45, 2.75) is 26.2 Å². The number of nitrogens with one attached hydrogen (secondary N) is 1. The third-order valence-corrected chi connectivity index (χ3v) is 3.51. The van der Waals surface area contributed by atoms with E-state index < -0.39 is 0 Å². The molecule has 0 amide bonds. The Morgan fingerprint density at radius 1 is 1.50 bits per heavy atom. The molecule has 0 aliphatic heterocycles. The molecule has 0 spiro atoms. The quantitative estimate of drug-likeness (QED) is 0.711. The molecule has 0 aromatic carbocycles. The number of rotatable bonds is 9. The van der Waals surface area contributed by atoms with Crippen LogP contribution in [0.4, 0.5) is 11.8 Å². The van der Waals surface area contributed by atoms with Gasteiger partial charge in [-0.3, -0.25) is 0 Å². The lowest BCUT2D eigenvalue weighted by atomic mass is 10.4. The van der Waals surface area contributed by atoms with E-state index in [1.165, 1.54) is 12.8 Å². The molecule has 0 unspecified atom stereocenters. The van der Waals surface area contributed by atoms with Crippen LogP contribution in [-0.2, 0) is 4.74 Å². The minimum atomic E-state index is 0.566. The van der Waals surface area contributed by atoms with Gasteiger partial charge < -0.3 is 15.0 Å². The third kappa shape index (κ3) is 4.80. The second kappa shape index (κ2) is 7.64. The first-order chi connectivity index (χ1) is 9.70. The highest BCUT2D eigenvalue weighted by Gasteiger charge is 2.21. The summed E-state index contributed by atoms with van der Waals surface area (Å²) in [6, 6.07) is 0. The lowest BCUT2D eigenvalue weighted by Crippen LogP contribution is -2.24. The van der Waals surface area contributed by atoms with Crippen molar-refractivity contribution in [2.75, 3.05) is 43.6 Å². The zero-order chi connectivity index (χ0) is 14.4. The Bertz CT molecular complexity index is 426. The number of likely N-dealkylation sites (N-methyl/N-ethyl adjacent to an activating group) is 1. The van der Waals surface area contributed by atoms with Crippen molar-refractivity contribution < 1.29 is 4.74 Å². The van der Waals surface area contributed by atoms with E-state index in [4.69, 9.17) is 16.3 Å². The Balaban J connectivity index is 1.84. The van der Waals surface area contributed by atoms with Crippen molar-refractivity contribution in [1.29, 1.82) is 0 Å². The average molecular weight is 299 g/mol. The summed E-state index contributed by atoms with van der Waals surface area (Å²) < 4.78 is 5.64. The van der Waals surface area contributed by atoms with Crippen LogP contribution in [0.2, 0.25) is 5.02 Å². The van der Waals surface area contributed by atoms with Crippen molar-refractivity contribution in [3.8, 4) is 0 Å². The molecule has 0 atom stereocenters. The van der Waals surface area contributed by atoms with Gasteiger partial charge in [-0.15, -0.1) is 0 Å². The predicted molar refractivity (Wildman–Crippen MR) is 82.6 cm³/mol. The van der Waals surface area contributed by atoms with Crippen LogP contribution < -0.4 is 10.2 Å². The standard InChI is InChI=1S/C14H23ClN4O/c1-3-6-16-14-17-9-12(15)13(18-14)19(2)7-8-20-10-11-4-5-11/h9,11H,3-8,10H2,1-2H3,(H,16,17,18). The largest absolute Gasteiger partial charge is 0.379 e. The normalized spacial score (nSPS) is 14.3. The van der Waals surface area contributed by atoms with Gasteiger partial charge in [0.15, 0.2) is 5.82 Å². The summed E-state index contributed by atoms with van der Waals surface area (Å²) in [6.45, 7) is 5.32. The van der Waals surface area contributed by atoms with Gasteiger partial charge in [0.25, 0.3) is 0 Å². The van der Waals surface area contributed by atoms with E-state index >= 15 is 0 Å². The van der Waals surface area contributed by atoms with Crippen LogP contribution in [0.15, 0.2) is 6.20 Å². The molecule has 0 bridgehead atoms. The van der Waals surface area contributed by atoms with E-state index in [9.17, 15) is 0 Å². The Morgan fingerprint density at radius 2 is 2.30 bits per heavy atom. The molecule has 2 rings (SSSR count). The molecule has 1 N–H and O–H groups in total. The Kier molecular flexibility index (Phi) is 5.86. The van der Waals surface area contributed by atoms with Crippen LogP contribution in [0, 0.1) is 5.92 Å². The van der Waals surface area contributed by atoms with Gasteiger partial charge in [0.1, 0.15) is 5.02 Å². The maximum atomic E-state index is 6.16. The first kappa shape index (κ1) is 15.3. The maximum Gasteiger partial charge on any atom is 0.224 e. The highest BCUT2D eigenvalue weighted by molar-refractivity contribution is 6.32. The summed E-state index contributed by atoms with van der Waals surface area (Å²) >= 11 is 6.16. The number of hydrogen-bond donors (Lipinski definition) is 1. The SMILES string of the molecule is CCCNc1ncc(Cl)c(N(C)CCOCC2CC2)n1. The summed E-state index contributed by atoms with van der Waals surface area (Å²) in [7, 11) is 1.97. The zero-order valence-electron chi connectivity index (χ0n) is 12.2. The van der Waals surface area contributed by atoms with Gasteiger partial charge in [-0.2, -0.15) is 4.98 Å². The molecule has 0 radical (unpaired) electrons. The lowest BCUT2D eigenvalue weighted by Gasteiger charge is -2.19. The summed E-state index contributed by atoms with van der Waals surface area (Å²) in [5.41, 5.74) is 0. The van der Waals surface area contributed by atoms with Gasteiger partial charge in [-0.05, 0) is 25.2 Å². The molecule has 1 aromatic rings. The number of aromatic nitrogens is 2. The number of halogens is 1. The smallest absolute Gasteiger partial charge is 0.224 e. The maximum absolute atomic E-state index is 6.16. The van der Waals surface area contributed by atoms with Crippen LogP contribution in [-0.4, -0.2) is 43.3 Å². The van der Waals surface area contributed by atoms with Gasteiger partial charge in [0.2, 0.25) is 5.95 Å². The molecule has 20 heavy (non-hydrogen) atoms. The number of ether oxygens (including phenoxy) is 1. The molecular weight excluding hydrogens is 276 g/mol. The number of nitrogens with zero attached hydrogens (tertiary/aromatic N) is 3. The van der Waals surface area contributed by atoms with Gasteiger partial charge >= 0.3 is 0 Å². The van der Waals surface area contributed by atoms with E-state index in [1.54, 1.807) is 6.20 Å². The molecule has 1 heterocycles. The van der Waals surface area contributed by atoms with E-state index in [1.807, 2.05) is 11.9 Å². The van der Waals surface area contributed by atoms with Crippen molar-refractivity contribution in [3.05, 3.63) is 11.2 Å².